The Labute approximate surface area is 130 Å². The third-order valence-corrected chi connectivity index (χ3v) is 4.41. The molecule has 1 fully saturated rings. The fraction of sp³-hybridized carbons (Fsp3) is 0.600. The van der Waals surface area contributed by atoms with Crippen molar-refractivity contribution in [3.05, 3.63) is 12.1 Å². The van der Waals surface area contributed by atoms with Crippen LogP contribution in [0.1, 0.15) is 26.2 Å². The Morgan fingerprint density at radius 2 is 2.19 bits per heavy atom. The molecular formula is C15H23N3O2S. The van der Waals surface area contributed by atoms with Gasteiger partial charge in [-0.25, -0.2) is 4.98 Å². The molecule has 1 aromatic heterocycles. The third-order valence-electron chi connectivity index (χ3n) is 3.76. The maximum atomic E-state index is 11.5. The van der Waals surface area contributed by atoms with Gasteiger partial charge in [0.15, 0.2) is 5.82 Å². The summed E-state index contributed by atoms with van der Waals surface area (Å²) < 4.78 is 5.02. The molecule has 2 rings (SSSR count). The van der Waals surface area contributed by atoms with E-state index in [0.717, 1.165) is 42.5 Å². The fourth-order valence-corrected chi connectivity index (χ4v) is 3.00. The van der Waals surface area contributed by atoms with Gasteiger partial charge in [-0.05, 0) is 44.1 Å². The Balaban J connectivity index is 1.93. The molecule has 0 saturated carbocycles. The largest absolute Gasteiger partial charge is 0.466 e. The van der Waals surface area contributed by atoms with Gasteiger partial charge in [0, 0.05) is 19.5 Å². The monoisotopic (exact) mass is 309 g/mol. The van der Waals surface area contributed by atoms with Crippen molar-refractivity contribution in [1.82, 2.24) is 4.98 Å². The number of rotatable bonds is 5. The number of nitrogens with two attached hydrogens (primary N) is 1. The van der Waals surface area contributed by atoms with E-state index >= 15 is 0 Å². The minimum Gasteiger partial charge on any atom is -0.466 e. The highest BCUT2D eigenvalue weighted by Gasteiger charge is 2.24. The number of hydrogen-bond donors (Lipinski definition) is 1. The summed E-state index contributed by atoms with van der Waals surface area (Å²) in [6.07, 6.45) is 4.48. The number of pyridine rings is 1. The second kappa shape index (κ2) is 7.54. The van der Waals surface area contributed by atoms with Gasteiger partial charge in [-0.3, -0.25) is 4.79 Å². The lowest BCUT2D eigenvalue weighted by Gasteiger charge is -2.33. The molecule has 5 nitrogen and oxygen atoms in total. The minimum atomic E-state index is -0.0852. The van der Waals surface area contributed by atoms with E-state index in [-0.39, 0.29) is 5.97 Å². The van der Waals surface area contributed by atoms with Crippen LogP contribution in [0.4, 0.5) is 11.5 Å². The molecule has 1 aliphatic rings. The van der Waals surface area contributed by atoms with Crippen LogP contribution in [0, 0.1) is 5.92 Å². The normalized spacial score (nSPS) is 16.0. The Bertz CT molecular complexity index is 488. The molecule has 0 atom stereocenters. The summed E-state index contributed by atoms with van der Waals surface area (Å²) >= 11 is 1.62. The van der Waals surface area contributed by atoms with Gasteiger partial charge in [0.05, 0.1) is 17.3 Å². The lowest BCUT2D eigenvalue weighted by Crippen LogP contribution is -2.35. The quantitative estimate of drug-likeness (QED) is 0.666. The van der Waals surface area contributed by atoms with Crippen molar-refractivity contribution in [3.63, 3.8) is 0 Å². The second-order valence-corrected chi connectivity index (χ2v) is 6.03. The van der Waals surface area contributed by atoms with E-state index in [1.165, 1.54) is 0 Å². The van der Waals surface area contributed by atoms with Crippen molar-refractivity contribution in [2.45, 2.75) is 31.2 Å². The average Bonchev–Trinajstić information content (AvgIpc) is 2.49. The van der Waals surface area contributed by atoms with Crippen molar-refractivity contribution in [3.8, 4) is 0 Å². The van der Waals surface area contributed by atoms with Gasteiger partial charge in [0.1, 0.15) is 0 Å². The molecule has 0 aromatic carbocycles. The van der Waals surface area contributed by atoms with Crippen LogP contribution in [0.25, 0.3) is 0 Å². The molecule has 0 spiro atoms. The number of aromatic nitrogens is 1. The van der Waals surface area contributed by atoms with Crippen LogP contribution in [0.5, 0.6) is 0 Å². The zero-order valence-electron chi connectivity index (χ0n) is 12.7. The average molecular weight is 309 g/mol. The molecule has 2 N–H and O–H groups in total. The summed E-state index contributed by atoms with van der Waals surface area (Å²) in [6.45, 7) is 4.07. The van der Waals surface area contributed by atoms with E-state index in [0.29, 0.717) is 18.9 Å². The van der Waals surface area contributed by atoms with Crippen LogP contribution in [-0.2, 0) is 9.53 Å². The smallest absolute Gasteiger partial charge is 0.306 e. The predicted molar refractivity (Wildman–Crippen MR) is 86.6 cm³/mol. The molecule has 0 unspecified atom stereocenters. The molecule has 0 aliphatic carbocycles. The van der Waals surface area contributed by atoms with Crippen LogP contribution in [0.15, 0.2) is 17.2 Å². The highest BCUT2D eigenvalue weighted by atomic mass is 32.2. The Kier molecular flexibility index (Phi) is 5.73. The molecule has 2 heterocycles. The van der Waals surface area contributed by atoms with Crippen LogP contribution >= 0.6 is 11.8 Å². The number of carbonyl (C=O) groups is 1. The van der Waals surface area contributed by atoms with Crippen molar-refractivity contribution in [2.24, 2.45) is 5.92 Å². The Morgan fingerprint density at radius 1 is 1.48 bits per heavy atom. The number of carbonyl (C=O) groups excluding carboxylic acids is 1. The third kappa shape index (κ3) is 4.27. The topological polar surface area (TPSA) is 68.5 Å². The number of piperidine rings is 1. The van der Waals surface area contributed by atoms with Crippen LogP contribution < -0.4 is 10.6 Å². The van der Waals surface area contributed by atoms with E-state index in [9.17, 15) is 4.79 Å². The Morgan fingerprint density at radius 3 is 2.81 bits per heavy atom. The summed E-state index contributed by atoms with van der Waals surface area (Å²) in [7, 11) is 0. The number of esters is 1. The number of nitrogen functional groups attached to an aromatic ring is 1. The van der Waals surface area contributed by atoms with Crippen LogP contribution in [0.2, 0.25) is 0 Å². The number of nitrogens with zero attached hydrogens (tertiary/aromatic N) is 2. The van der Waals surface area contributed by atoms with Crippen LogP contribution in [0.3, 0.4) is 0 Å². The molecule has 1 aromatic rings. The van der Waals surface area contributed by atoms with Gasteiger partial charge < -0.3 is 15.4 Å². The first-order valence-electron chi connectivity index (χ1n) is 7.35. The fourth-order valence-electron chi connectivity index (χ4n) is 2.61. The highest BCUT2D eigenvalue weighted by Crippen LogP contribution is 2.29. The predicted octanol–water partition coefficient (Wildman–Crippen LogP) is 2.56. The standard InChI is InChI=1S/C15H23N3O2S/c1-3-20-14(19)10-11-6-8-18(9-7-11)15-12(16)4-5-13(17-15)21-2/h4-5,11H,3,6-10,16H2,1-2H3. The summed E-state index contributed by atoms with van der Waals surface area (Å²) in [5.41, 5.74) is 6.76. The second-order valence-electron chi connectivity index (χ2n) is 5.21. The van der Waals surface area contributed by atoms with Gasteiger partial charge in [0.25, 0.3) is 0 Å². The highest BCUT2D eigenvalue weighted by molar-refractivity contribution is 7.98. The molecule has 0 amide bonds. The van der Waals surface area contributed by atoms with E-state index in [2.05, 4.69) is 9.88 Å². The molecular weight excluding hydrogens is 286 g/mol. The molecule has 116 valence electrons. The van der Waals surface area contributed by atoms with E-state index in [1.807, 2.05) is 25.3 Å². The van der Waals surface area contributed by atoms with Crippen molar-refractivity contribution < 1.29 is 9.53 Å². The zero-order chi connectivity index (χ0) is 15.2. The van der Waals surface area contributed by atoms with Crippen molar-refractivity contribution in [2.75, 3.05) is 36.6 Å². The molecule has 21 heavy (non-hydrogen) atoms. The Hall–Kier alpha value is -1.43. The number of thioether (sulfide) groups is 1. The zero-order valence-corrected chi connectivity index (χ0v) is 13.5. The van der Waals surface area contributed by atoms with Crippen LogP contribution in [-0.4, -0.2) is 36.9 Å². The van der Waals surface area contributed by atoms with Gasteiger partial charge in [-0.1, -0.05) is 0 Å². The molecule has 1 aliphatic heterocycles. The SMILES string of the molecule is CCOC(=O)CC1CCN(c2nc(SC)ccc2N)CC1. The van der Waals surface area contributed by atoms with Crippen molar-refractivity contribution >= 4 is 29.2 Å². The van der Waals surface area contributed by atoms with Gasteiger partial charge in [-0.2, -0.15) is 0 Å². The van der Waals surface area contributed by atoms with Gasteiger partial charge in [0.2, 0.25) is 0 Å². The first-order valence-corrected chi connectivity index (χ1v) is 8.57. The first kappa shape index (κ1) is 15.9. The maximum absolute atomic E-state index is 11.5. The molecule has 0 radical (unpaired) electrons. The summed E-state index contributed by atoms with van der Waals surface area (Å²) in [4.78, 5) is 18.4. The number of ether oxygens (including phenoxy) is 1. The first-order chi connectivity index (χ1) is 10.1. The lowest BCUT2D eigenvalue weighted by atomic mass is 9.93. The summed E-state index contributed by atoms with van der Waals surface area (Å²) in [5.74, 6) is 1.19. The molecule has 1 saturated heterocycles. The lowest BCUT2D eigenvalue weighted by molar-refractivity contribution is -0.144. The summed E-state index contributed by atoms with van der Waals surface area (Å²) in [5, 5.41) is 0.979. The maximum Gasteiger partial charge on any atom is 0.306 e. The number of hydrogen-bond acceptors (Lipinski definition) is 6. The van der Waals surface area contributed by atoms with Gasteiger partial charge in [-0.15, -0.1) is 11.8 Å². The van der Waals surface area contributed by atoms with E-state index in [4.69, 9.17) is 10.5 Å². The summed E-state index contributed by atoms with van der Waals surface area (Å²) in [6, 6.07) is 3.86. The number of anilines is 2. The molecule has 6 heteroatoms. The van der Waals surface area contributed by atoms with E-state index in [1.54, 1.807) is 11.8 Å². The molecule has 0 bridgehead atoms. The van der Waals surface area contributed by atoms with Gasteiger partial charge >= 0.3 is 5.97 Å². The minimum absolute atomic E-state index is 0.0852. The van der Waals surface area contributed by atoms with Crippen molar-refractivity contribution in [1.29, 1.82) is 0 Å². The van der Waals surface area contributed by atoms with E-state index < -0.39 is 0 Å².